The van der Waals surface area contributed by atoms with E-state index < -0.39 is 0 Å². The Morgan fingerprint density at radius 3 is 2.90 bits per heavy atom. The fourth-order valence-electron chi connectivity index (χ4n) is 2.62. The van der Waals surface area contributed by atoms with Crippen molar-refractivity contribution in [3.8, 4) is 0 Å². The predicted octanol–water partition coefficient (Wildman–Crippen LogP) is 3.73. The zero-order chi connectivity index (χ0) is 14.8. The number of methoxy groups -OCH3 is 1. The summed E-state index contributed by atoms with van der Waals surface area (Å²) in [5, 5.41) is 0. The van der Waals surface area contributed by atoms with E-state index in [1.54, 1.807) is 0 Å². The summed E-state index contributed by atoms with van der Waals surface area (Å²) in [6.45, 7) is 4.65. The van der Waals surface area contributed by atoms with E-state index in [1.165, 1.54) is 26.4 Å². The van der Waals surface area contributed by atoms with Gasteiger partial charge in [-0.05, 0) is 32.6 Å². The van der Waals surface area contributed by atoms with Gasteiger partial charge in [0.2, 0.25) is 0 Å². The molecule has 116 valence electrons. The molecule has 0 aromatic rings. The average Bonchev–Trinajstić information content (AvgIpc) is 2.68. The summed E-state index contributed by atoms with van der Waals surface area (Å²) >= 11 is 0. The lowest BCUT2D eigenvalue weighted by molar-refractivity contribution is -0.145. The number of rotatable bonds is 7. The maximum Gasteiger partial charge on any atom is 0.308 e. The first-order valence-electron chi connectivity index (χ1n) is 7.94. The largest absolute Gasteiger partial charge is 0.481 e. The van der Waals surface area contributed by atoms with Gasteiger partial charge in [0.1, 0.15) is 0 Å². The number of ether oxygens (including phenoxy) is 2. The van der Waals surface area contributed by atoms with E-state index in [2.05, 4.69) is 0 Å². The highest BCUT2D eigenvalue weighted by atomic mass is 16.5. The first kappa shape index (κ1) is 17.0. The van der Waals surface area contributed by atoms with Crippen molar-refractivity contribution in [3.63, 3.8) is 0 Å². The minimum Gasteiger partial charge on any atom is -0.481 e. The van der Waals surface area contributed by atoms with Crippen molar-refractivity contribution >= 4 is 11.9 Å². The van der Waals surface area contributed by atoms with Crippen LogP contribution in [0.3, 0.4) is 0 Å². The van der Waals surface area contributed by atoms with Crippen LogP contribution >= 0.6 is 0 Å². The second-order valence-electron chi connectivity index (χ2n) is 5.56. The summed E-state index contributed by atoms with van der Waals surface area (Å²) in [4.78, 5) is 16.0. The van der Waals surface area contributed by atoms with Crippen LogP contribution in [0.5, 0.6) is 0 Å². The van der Waals surface area contributed by atoms with Crippen LogP contribution < -0.4 is 0 Å². The van der Waals surface area contributed by atoms with Gasteiger partial charge in [0, 0.05) is 6.42 Å². The number of esters is 1. The molecule has 1 aliphatic rings. The molecule has 0 aliphatic carbocycles. The molecular formula is C16H29NO3. The van der Waals surface area contributed by atoms with Crippen molar-refractivity contribution in [3.05, 3.63) is 0 Å². The van der Waals surface area contributed by atoms with Crippen molar-refractivity contribution in [2.45, 2.75) is 71.3 Å². The van der Waals surface area contributed by atoms with Gasteiger partial charge in [0.25, 0.3) is 0 Å². The zero-order valence-corrected chi connectivity index (χ0v) is 13.2. The quantitative estimate of drug-likeness (QED) is 0.528. The van der Waals surface area contributed by atoms with Crippen LogP contribution in [0.15, 0.2) is 4.99 Å². The van der Waals surface area contributed by atoms with Crippen molar-refractivity contribution in [1.82, 2.24) is 0 Å². The minimum atomic E-state index is -0.101. The molecule has 0 spiro atoms. The summed E-state index contributed by atoms with van der Waals surface area (Å²) in [6, 6.07) is 0.410. The van der Waals surface area contributed by atoms with Crippen LogP contribution in [-0.2, 0) is 14.3 Å². The molecule has 1 aliphatic heterocycles. The highest BCUT2D eigenvalue weighted by Gasteiger charge is 2.15. The van der Waals surface area contributed by atoms with Crippen LogP contribution in [0.1, 0.15) is 65.2 Å². The third-order valence-corrected chi connectivity index (χ3v) is 3.84. The molecule has 1 unspecified atom stereocenters. The lowest BCUT2D eigenvalue weighted by Gasteiger charge is -2.13. The molecule has 4 heteroatoms. The standard InChI is InChI=1S/C16H29NO3/c1-4-20-15-12-8-7-11-14(17-15)10-6-5-9-13(2)16(18)19-3/h13-14H,4-12H2,1-3H3/t13-,14?/m0/s1. The van der Waals surface area contributed by atoms with Crippen LogP contribution in [0.25, 0.3) is 0 Å². The van der Waals surface area contributed by atoms with Crippen molar-refractivity contribution < 1.29 is 14.3 Å². The number of unbranched alkanes of at least 4 members (excludes halogenated alkanes) is 1. The molecular weight excluding hydrogens is 254 g/mol. The Hall–Kier alpha value is -1.06. The Balaban J connectivity index is 2.26. The lowest BCUT2D eigenvalue weighted by atomic mass is 10.00. The molecule has 0 fully saturated rings. The Morgan fingerprint density at radius 1 is 1.40 bits per heavy atom. The van der Waals surface area contributed by atoms with Crippen LogP contribution in [0.2, 0.25) is 0 Å². The topological polar surface area (TPSA) is 47.9 Å². The van der Waals surface area contributed by atoms with Gasteiger partial charge in [-0.25, -0.2) is 0 Å². The van der Waals surface area contributed by atoms with Crippen molar-refractivity contribution in [2.75, 3.05) is 13.7 Å². The normalized spacial score (nSPS) is 20.8. The molecule has 0 aromatic heterocycles. The summed E-state index contributed by atoms with van der Waals surface area (Å²) < 4.78 is 10.3. The van der Waals surface area contributed by atoms with Crippen LogP contribution in [0, 0.1) is 5.92 Å². The molecule has 0 saturated carbocycles. The maximum absolute atomic E-state index is 11.3. The van der Waals surface area contributed by atoms with E-state index in [0.717, 1.165) is 38.0 Å². The molecule has 20 heavy (non-hydrogen) atoms. The Kier molecular flexibility index (Phi) is 8.31. The fourth-order valence-corrected chi connectivity index (χ4v) is 2.62. The van der Waals surface area contributed by atoms with Gasteiger partial charge in [0.15, 0.2) is 5.90 Å². The molecule has 0 N–H and O–H groups in total. The second-order valence-corrected chi connectivity index (χ2v) is 5.56. The van der Waals surface area contributed by atoms with E-state index in [-0.39, 0.29) is 11.9 Å². The van der Waals surface area contributed by atoms with E-state index >= 15 is 0 Å². The Morgan fingerprint density at radius 2 is 2.20 bits per heavy atom. The first-order chi connectivity index (χ1) is 9.67. The third-order valence-electron chi connectivity index (χ3n) is 3.84. The van der Waals surface area contributed by atoms with Crippen LogP contribution in [-0.4, -0.2) is 31.6 Å². The Labute approximate surface area is 122 Å². The molecule has 0 radical (unpaired) electrons. The van der Waals surface area contributed by atoms with E-state index in [4.69, 9.17) is 14.5 Å². The highest BCUT2D eigenvalue weighted by molar-refractivity contribution is 5.76. The molecule has 2 atom stereocenters. The molecule has 0 bridgehead atoms. The second kappa shape index (κ2) is 9.78. The number of carbonyl (C=O) groups excluding carboxylic acids is 1. The smallest absolute Gasteiger partial charge is 0.308 e. The van der Waals surface area contributed by atoms with E-state index in [9.17, 15) is 4.79 Å². The maximum atomic E-state index is 11.3. The molecule has 0 saturated heterocycles. The summed E-state index contributed by atoms with van der Waals surface area (Å²) in [6.07, 6.45) is 8.78. The summed E-state index contributed by atoms with van der Waals surface area (Å²) in [5.41, 5.74) is 0. The van der Waals surface area contributed by atoms with Crippen molar-refractivity contribution in [1.29, 1.82) is 0 Å². The first-order valence-corrected chi connectivity index (χ1v) is 7.94. The molecule has 1 heterocycles. The number of hydrogen-bond donors (Lipinski definition) is 0. The van der Waals surface area contributed by atoms with E-state index in [0.29, 0.717) is 12.6 Å². The predicted molar refractivity (Wildman–Crippen MR) is 81.0 cm³/mol. The number of carbonyl (C=O) groups is 1. The van der Waals surface area contributed by atoms with Gasteiger partial charge in [-0.1, -0.05) is 26.2 Å². The molecule has 1 rings (SSSR count). The fraction of sp³-hybridized carbons (Fsp3) is 0.875. The molecule has 0 amide bonds. The Bertz CT molecular complexity index is 315. The van der Waals surface area contributed by atoms with Crippen LogP contribution in [0.4, 0.5) is 0 Å². The average molecular weight is 283 g/mol. The van der Waals surface area contributed by atoms with Crippen molar-refractivity contribution in [2.24, 2.45) is 10.9 Å². The third kappa shape index (κ3) is 6.40. The zero-order valence-electron chi connectivity index (χ0n) is 13.2. The monoisotopic (exact) mass is 283 g/mol. The minimum absolute atomic E-state index is 0.0108. The number of hydrogen-bond acceptors (Lipinski definition) is 4. The SMILES string of the molecule is CCOC1=NC(CCCC[C@H](C)C(=O)OC)CCCC1. The van der Waals surface area contributed by atoms with Gasteiger partial charge < -0.3 is 9.47 Å². The number of nitrogens with zero attached hydrogens (tertiary/aromatic N) is 1. The van der Waals surface area contributed by atoms with Gasteiger partial charge >= 0.3 is 5.97 Å². The lowest BCUT2D eigenvalue weighted by Crippen LogP contribution is -2.13. The molecule has 0 aromatic carbocycles. The summed E-state index contributed by atoms with van der Waals surface area (Å²) in [7, 11) is 1.45. The van der Waals surface area contributed by atoms with Gasteiger partial charge in [-0.15, -0.1) is 0 Å². The van der Waals surface area contributed by atoms with Gasteiger partial charge in [-0.3, -0.25) is 9.79 Å². The highest BCUT2D eigenvalue weighted by Crippen LogP contribution is 2.20. The van der Waals surface area contributed by atoms with Gasteiger partial charge in [-0.2, -0.15) is 0 Å². The summed E-state index contributed by atoms with van der Waals surface area (Å²) in [5.74, 6) is 0.852. The number of aliphatic imine (C=N–C) groups is 1. The van der Waals surface area contributed by atoms with E-state index in [1.807, 2.05) is 13.8 Å². The van der Waals surface area contributed by atoms with Gasteiger partial charge in [0.05, 0.1) is 25.7 Å². The molecule has 4 nitrogen and oxygen atoms in total.